The minimum Gasteiger partial charge on any atom is -0.489 e. The highest BCUT2D eigenvalue weighted by atomic mass is 35.5. The summed E-state index contributed by atoms with van der Waals surface area (Å²) in [5.74, 6) is 0.701. The van der Waals surface area contributed by atoms with Gasteiger partial charge in [-0.2, -0.15) is 5.10 Å². The van der Waals surface area contributed by atoms with Crippen molar-refractivity contribution in [3.63, 3.8) is 0 Å². The van der Waals surface area contributed by atoms with Crippen molar-refractivity contribution < 1.29 is 9.53 Å². The Hall–Kier alpha value is -2.79. The summed E-state index contributed by atoms with van der Waals surface area (Å²) in [6, 6.07) is 14.9. The first-order chi connectivity index (χ1) is 13.4. The molecule has 1 amide bonds. The number of anilines is 1. The topological polar surface area (TPSA) is 56.2 Å². The summed E-state index contributed by atoms with van der Waals surface area (Å²) in [4.78, 5) is 12.3. The molecule has 0 atom stereocenters. The second-order valence-electron chi connectivity index (χ2n) is 6.73. The van der Waals surface area contributed by atoms with Gasteiger partial charge in [-0.1, -0.05) is 29.8 Å². The molecule has 6 heteroatoms. The van der Waals surface area contributed by atoms with Gasteiger partial charge in [0.15, 0.2) is 0 Å². The standard InChI is InChI=1S/C22H24ClN3O2/c1-15-20(16(2)26(3)25-15)12-13-22(27)24-18-8-10-19(11-9-18)28-14-17-6-4-5-7-21(17)23/h4-11H,12-14H2,1-3H3,(H,24,27). The largest absolute Gasteiger partial charge is 0.489 e. The van der Waals surface area contributed by atoms with Crippen molar-refractivity contribution in [2.75, 3.05) is 5.32 Å². The summed E-state index contributed by atoms with van der Waals surface area (Å²) in [6.07, 6.45) is 1.09. The van der Waals surface area contributed by atoms with Gasteiger partial charge in [0, 0.05) is 35.4 Å². The quantitative estimate of drug-likeness (QED) is 0.620. The molecule has 0 saturated heterocycles. The van der Waals surface area contributed by atoms with Crippen molar-refractivity contribution in [1.29, 1.82) is 0 Å². The van der Waals surface area contributed by atoms with Crippen LogP contribution < -0.4 is 10.1 Å². The average molecular weight is 398 g/mol. The monoisotopic (exact) mass is 397 g/mol. The van der Waals surface area contributed by atoms with Crippen LogP contribution in [0.3, 0.4) is 0 Å². The van der Waals surface area contributed by atoms with Crippen molar-refractivity contribution in [3.05, 3.63) is 76.1 Å². The minimum absolute atomic E-state index is 0.0209. The van der Waals surface area contributed by atoms with E-state index in [2.05, 4.69) is 10.4 Å². The number of aryl methyl sites for hydroxylation is 2. The fourth-order valence-corrected chi connectivity index (χ4v) is 3.24. The molecule has 5 nitrogen and oxygen atoms in total. The van der Waals surface area contributed by atoms with Crippen molar-refractivity contribution >= 4 is 23.2 Å². The third-order valence-electron chi connectivity index (χ3n) is 4.75. The molecular weight excluding hydrogens is 374 g/mol. The molecule has 1 N–H and O–H groups in total. The molecule has 0 spiro atoms. The van der Waals surface area contributed by atoms with Crippen LogP contribution in [0.25, 0.3) is 0 Å². The van der Waals surface area contributed by atoms with E-state index in [4.69, 9.17) is 16.3 Å². The Kier molecular flexibility index (Phi) is 6.37. The predicted molar refractivity (Wildman–Crippen MR) is 112 cm³/mol. The third-order valence-corrected chi connectivity index (χ3v) is 5.12. The molecule has 0 aliphatic heterocycles. The lowest BCUT2D eigenvalue weighted by Gasteiger charge is -2.09. The van der Waals surface area contributed by atoms with Crippen molar-refractivity contribution in [3.8, 4) is 5.75 Å². The van der Waals surface area contributed by atoms with Crippen LogP contribution in [0.5, 0.6) is 5.75 Å². The van der Waals surface area contributed by atoms with Gasteiger partial charge in [0.2, 0.25) is 5.91 Å². The number of nitrogens with zero attached hydrogens (tertiary/aromatic N) is 2. The lowest BCUT2D eigenvalue weighted by atomic mass is 10.1. The molecular formula is C22H24ClN3O2. The first-order valence-electron chi connectivity index (χ1n) is 9.19. The molecule has 0 saturated carbocycles. The maximum atomic E-state index is 12.3. The van der Waals surface area contributed by atoms with E-state index in [9.17, 15) is 4.79 Å². The normalized spacial score (nSPS) is 10.7. The molecule has 0 unspecified atom stereocenters. The maximum Gasteiger partial charge on any atom is 0.224 e. The Morgan fingerprint density at radius 1 is 1.14 bits per heavy atom. The number of carbonyl (C=O) groups excluding carboxylic acids is 1. The number of hydrogen-bond acceptors (Lipinski definition) is 3. The molecule has 0 fully saturated rings. The summed E-state index contributed by atoms with van der Waals surface area (Å²) in [5.41, 5.74) is 4.90. The van der Waals surface area contributed by atoms with E-state index in [1.807, 2.05) is 74.1 Å². The van der Waals surface area contributed by atoms with Crippen molar-refractivity contribution in [2.45, 2.75) is 33.3 Å². The fraction of sp³-hybridized carbons (Fsp3) is 0.273. The number of benzene rings is 2. The SMILES string of the molecule is Cc1nn(C)c(C)c1CCC(=O)Nc1ccc(OCc2ccccc2Cl)cc1. The Morgan fingerprint density at radius 2 is 1.86 bits per heavy atom. The number of ether oxygens (including phenoxy) is 1. The van der Waals surface area contributed by atoms with E-state index >= 15 is 0 Å². The zero-order chi connectivity index (χ0) is 20.1. The van der Waals surface area contributed by atoms with E-state index in [1.54, 1.807) is 0 Å². The summed E-state index contributed by atoms with van der Waals surface area (Å²) in [7, 11) is 1.92. The maximum absolute atomic E-state index is 12.3. The van der Waals surface area contributed by atoms with Gasteiger partial charge in [-0.05, 0) is 56.2 Å². The van der Waals surface area contributed by atoms with E-state index in [0.29, 0.717) is 24.5 Å². The number of amides is 1. The highest BCUT2D eigenvalue weighted by molar-refractivity contribution is 6.31. The van der Waals surface area contributed by atoms with Crippen LogP contribution in [0, 0.1) is 13.8 Å². The van der Waals surface area contributed by atoms with E-state index in [0.717, 1.165) is 34.0 Å². The Labute approximate surface area is 170 Å². The van der Waals surface area contributed by atoms with Crippen LogP contribution in [-0.2, 0) is 24.9 Å². The van der Waals surface area contributed by atoms with Crippen LogP contribution in [-0.4, -0.2) is 15.7 Å². The fourth-order valence-electron chi connectivity index (χ4n) is 3.05. The lowest BCUT2D eigenvalue weighted by molar-refractivity contribution is -0.116. The Balaban J connectivity index is 1.51. The van der Waals surface area contributed by atoms with Crippen molar-refractivity contribution in [2.24, 2.45) is 7.05 Å². The highest BCUT2D eigenvalue weighted by Crippen LogP contribution is 2.21. The Bertz CT molecular complexity index is 964. The molecule has 1 aromatic heterocycles. The van der Waals surface area contributed by atoms with E-state index in [1.165, 1.54) is 0 Å². The van der Waals surface area contributed by atoms with Gasteiger partial charge < -0.3 is 10.1 Å². The van der Waals surface area contributed by atoms with Crippen molar-refractivity contribution in [1.82, 2.24) is 9.78 Å². The number of rotatable bonds is 7. The Morgan fingerprint density at radius 3 is 2.50 bits per heavy atom. The summed E-state index contributed by atoms with van der Waals surface area (Å²) in [6.45, 7) is 4.39. The molecule has 146 valence electrons. The molecule has 1 heterocycles. The number of aromatic nitrogens is 2. The lowest BCUT2D eigenvalue weighted by Crippen LogP contribution is -2.12. The zero-order valence-electron chi connectivity index (χ0n) is 16.3. The van der Waals surface area contributed by atoms with E-state index in [-0.39, 0.29) is 5.91 Å². The van der Waals surface area contributed by atoms with Crippen LogP contribution in [0.4, 0.5) is 5.69 Å². The zero-order valence-corrected chi connectivity index (χ0v) is 17.1. The molecule has 28 heavy (non-hydrogen) atoms. The molecule has 0 bridgehead atoms. The molecule has 3 rings (SSSR count). The van der Waals surface area contributed by atoms with Crippen LogP contribution >= 0.6 is 11.6 Å². The molecule has 0 aliphatic rings. The molecule has 3 aromatic rings. The van der Waals surface area contributed by atoms with Gasteiger partial charge in [0.05, 0.1) is 5.69 Å². The molecule has 0 aliphatic carbocycles. The second kappa shape index (κ2) is 8.93. The third kappa shape index (κ3) is 4.93. The molecule has 2 aromatic carbocycles. The number of halogens is 1. The second-order valence-corrected chi connectivity index (χ2v) is 7.13. The summed E-state index contributed by atoms with van der Waals surface area (Å²) < 4.78 is 7.61. The average Bonchev–Trinajstić information content (AvgIpc) is 2.92. The molecule has 0 radical (unpaired) electrons. The van der Waals surface area contributed by atoms with Gasteiger partial charge >= 0.3 is 0 Å². The predicted octanol–water partition coefficient (Wildman–Crippen LogP) is 4.84. The van der Waals surface area contributed by atoms with Gasteiger partial charge in [-0.3, -0.25) is 9.48 Å². The minimum atomic E-state index is -0.0209. The van der Waals surface area contributed by atoms with Crippen LogP contribution in [0.1, 0.15) is 28.9 Å². The van der Waals surface area contributed by atoms with Gasteiger partial charge in [-0.15, -0.1) is 0 Å². The first kappa shape index (κ1) is 20.0. The number of carbonyl (C=O) groups is 1. The van der Waals surface area contributed by atoms with Crippen LogP contribution in [0.15, 0.2) is 48.5 Å². The van der Waals surface area contributed by atoms with Gasteiger partial charge in [0.25, 0.3) is 0 Å². The van der Waals surface area contributed by atoms with Gasteiger partial charge in [0.1, 0.15) is 12.4 Å². The summed E-state index contributed by atoms with van der Waals surface area (Å²) >= 11 is 6.14. The van der Waals surface area contributed by atoms with E-state index < -0.39 is 0 Å². The smallest absolute Gasteiger partial charge is 0.224 e. The summed E-state index contributed by atoms with van der Waals surface area (Å²) in [5, 5.41) is 8.00. The number of hydrogen-bond donors (Lipinski definition) is 1. The highest BCUT2D eigenvalue weighted by Gasteiger charge is 2.11. The van der Waals surface area contributed by atoms with Gasteiger partial charge in [-0.25, -0.2) is 0 Å². The number of nitrogens with one attached hydrogen (secondary N) is 1. The van der Waals surface area contributed by atoms with Crippen LogP contribution in [0.2, 0.25) is 5.02 Å². The first-order valence-corrected chi connectivity index (χ1v) is 9.57.